The van der Waals surface area contributed by atoms with Crippen molar-refractivity contribution in [2.24, 2.45) is 0 Å². The molecule has 170 valence electrons. The quantitative estimate of drug-likeness (QED) is 0.464. The lowest BCUT2D eigenvalue weighted by Gasteiger charge is -2.23. The number of hydrogen-bond donors (Lipinski definition) is 1. The minimum Gasteiger partial charge on any atom is -0.492 e. The molecule has 0 heterocycles. The van der Waals surface area contributed by atoms with Gasteiger partial charge in [-0.1, -0.05) is 12.1 Å². The maximum Gasteiger partial charge on any atom is 0.242 e. The van der Waals surface area contributed by atoms with E-state index in [2.05, 4.69) is 21.2 Å². The van der Waals surface area contributed by atoms with Crippen LogP contribution < -0.4 is 14.4 Å². The van der Waals surface area contributed by atoms with Crippen LogP contribution in [0.15, 0.2) is 57.9 Å². The van der Waals surface area contributed by atoms with Crippen molar-refractivity contribution in [2.45, 2.75) is 4.90 Å². The number of carbonyl (C=O) groups is 1. The summed E-state index contributed by atoms with van der Waals surface area (Å²) in [6.45, 7) is -0.109. The number of rotatable bonds is 10. The largest absolute Gasteiger partial charge is 0.492 e. The number of para-hydroxylation sites is 1. The van der Waals surface area contributed by atoms with Gasteiger partial charge in [0.1, 0.15) is 18.9 Å². The first-order chi connectivity index (χ1) is 14.4. The summed E-state index contributed by atoms with van der Waals surface area (Å²) in [4.78, 5) is 12.4. The van der Waals surface area contributed by atoms with Gasteiger partial charge in [0, 0.05) is 18.6 Å². The Labute approximate surface area is 191 Å². The van der Waals surface area contributed by atoms with Gasteiger partial charge in [-0.3, -0.25) is 9.10 Å². The van der Waals surface area contributed by atoms with Crippen molar-refractivity contribution in [1.29, 1.82) is 0 Å². The highest BCUT2D eigenvalue weighted by molar-refractivity contribution is 9.10. The summed E-state index contributed by atoms with van der Waals surface area (Å²) in [5, 5.41) is 2.61. The maximum absolute atomic E-state index is 12.3. The van der Waals surface area contributed by atoms with Gasteiger partial charge in [0.05, 0.1) is 23.4 Å². The van der Waals surface area contributed by atoms with Crippen LogP contribution in [0.4, 0.5) is 5.69 Å². The third-order valence-electron chi connectivity index (χ3n) is 4.10. The molecule has 0 spiro atoms. The van der Waals surface area contributed by atoms with E-state index in [1.54, 1.807) is 24.3 Å². The monoisotopic (exact) mass is 533 g/mol. The molecular weight excluding hydrogens is 510 g/mol. The molecule has 2 rings (SSSR count). The van der Waals surface area contributed by atoms with E-state index in [-0.39, 0.29) is 24.6 Å². The zero-order chi connectivity index (χ0) is 23.2. The first kappa shape index (κ1) is 25.1. The van der Waals surface area contributed by atoms with E-state index < -0.39 is 26.0 Å². The number of anilines is 1. The number of sulfonamides is 2. The van der Waals surface area contributed by atoms with Gasteiger partial charge >= 0.3 is 0 Å². The van der Waals surface area contributed by atoms with E-state index >= 15 is 0 Å². The Morgan fingerprint density at radius 2 is 1.65 bits per heavy atom. The molecule has 2 aromatic carbocycles. The number of benzene rings is 2. The lowest BCUT2D eigenvalue weighted by Crippen LogP contribution is -2.41. The van der Waals surface area contributed by atoms with Crippen LogP contribution in [-0.4, -0.2) is 67.1 Å². The number of halogens is 1. The molecule has 9 nitrogen and oxygen atoms in total. The van der Waals surface area contributed by atoms with Gasteiger partial charge in [-0.25, -0.2) is 21.1 Å². The van der Waals surface area contributed by atoms with Crippen LogP contribution in [0.3, 0.4) is 0 Å². The molecule has 31 heavy (non-hydrogen) atoms. The van der Waals surface area contributed by atoms with E-state index in [0.717, 1.165) is 14.9 Å². The molecule has 0 saturated carbocycles. The van der Waals surface area contributed by atoms with Crippen molar-refractivity contribution < 1.29 is 26.4 Å². The average Bonchev–Trinajstić information content (AvgIpc) is 2.69. The fraction of sp³-hybridized carbons (Fsp3) is 0.316. The third-order valence-corrected chi connectivity index (χ3v) is 7.73. The van der Waals surface area contributed by atoms with Gasteiger partial charge in [0.15, 0.2) is 0 Å². The molecule has 0 saturated heterocycles. The topological polar surface area (TPSA) is 113 Å². The average molecular weight is 534 g/mol. The predicted molar refractivity (Wildman–Crippen MR) is 122 cm³/mol. The molecule has 0 aromatic heterocycles. The molecule has 0 aliphatic rings. The Morgan fingerprint density at radius 3 is 2.19 bits per heavy atom. The second kappa shape index (κ2) is 10.4. The van der Waals surface area contributed by atoms with Gasteiger partial charge in [0.2, 0.25) is 26.0 Å². The van der Waals surface area contributed by atoms with Crippen LogP contribution in [0, 0.1) is 0 Å². The van der Waals surface area contributed by atoms with E-state index in [0.29, 0.717) is 15.9 Å². The predicted octanol–water partition coefficient (Wildman–Crippen LogP) is 1.66. The summed E-state index contributed by atoms with van der Waals surface area (Å²) in [6, 6.07) is 12.6. The zero-order valence-corrected chi connectivity index (χ0v) is 20.5. The van der Waals surface area contributed by atoms with Crippen LogP contribution in [0.25, 0.3) is 0 Å². The molecule has 0 fully saturated rings. The van der Waals surface area contributed by atoms with E-state index in [1.165, 1.54) is 38.4 Å². The Morgan fingerprint density at radius 1 is 1.03 bits per heavy atom. The number of nitrogens with zero attached hydrogens (tertiary/aromatic N) is 2. The van der Waals surface area contributed by atoms with Crippen molar-refractivity contribution in [3.05, 3.63) is 53.0 Å². The smallest absolute Gasteiger partial charge is 0.242 e. The molecule has 2 aromatic rings. The fourth-order valence-electron chi connectivity index (χ4n) is 2.50. The maximum atomic E-state index is 12.3. The summed E-state index contributed by atoms with van der Waals surface area (Å²) in [5.74, 6) is -0.0462. The van der Waals surface area contributed by atoms with Gasteiger partial charge < -0.3 is 10.1 Å². The molecule has 0 atom stereocenters. The summed E-state index contributed by atoms with van der Waals surface area (Å²) in [5.41, 5.74) is 0.365. The number of carbonyl (C=O) groups excluding carboxylic acids is 1. The minimum atomic E-state index is -3.67. The van der Waals surface area contributed by atoms with Gasteiger partial charge in [-0.2, -0.15) is 0 Å². The van der Waals surface area contributed by atoms with Gasteiger partial charge in [-0.15, -0.1) is 0 Å². The Hall–Kier alpha value is -2.15. The third kappa shape index (κ3) is 6.92. The lowest BCUT2D eigenvalue weighted by molar-refractivity contribution is -0.119. The summed E-state index contributed by atoms with van der Waals surface area (Å²) >= 11 is 3.30. The number of hydrogen-bond acceptors (Lipinski definition) is 6. The van der Waals surface area contributed by atoms with Crippen molar-refractivity contribution in [2.75, 3.05) is 44.4 Å². The molecule has 0 radical (unpaired) electrons. The number of nitrogens with one attached hydrogen (secondary N) is 1. The van der Waals surface area contributed by atoms with Crippen LogP contribution in [-0.2, 0) is 24.8 Å². The summed E-state index contributed by atoms with van der Waals surface area (Å²) in [6.07, 6.45) is 1.03. The van der Waals surface area contributed by atoms with E-state index in [1.807, 2.05) is 0 Å². The first-order valence-corrected chi connectivity index (χ1v) is 13.2. The first-order valence-electron chi connectivity index (χ1n) is 9.07. The summed E-state index contributed by atoms with van der Waals surface area (Å²) in [7, 11) is -4.29. The van der Waals surface area contributed by atoms with Crippen molar-refractivity contribution in [1.82, 2.24) is 9.62 Å². The molecule has 0 bridgehead atoms. The Bertz CT molecular complexity index is 1120. The number of amides is 1. The van der Waals surface area contributed by atoms with Gasteiger partial charge in [0.25, 0.3) is 0 Å². The second-order valence-electron chi connectivity index (χ2n) is 6.68. The van der Waals surface area contributed by atoms with Crippen molar-refractivity contribution >= 4 is 47.6 Å². The zero-order valence-electron chi connectivity index (χ0n) is 17.3. The summed E-state index contributed by atoms with van der Waals surface area (Å²) < 4.78 is 56.5. The van der Waals surface area contributed by atoms with Crippen LogP contribution in [0.2, 0.25) is 0 Å². The number of ether oxygens (including phenoxy) is 1. The van der Waals surface area contributed by atoms with Crippen LogP contribution >= 0.6 is 15.9 Å². The van der Waals surface area contributed by atoms with Crippen molar-refractivity contribution in [3.63, 3.8) is 0 Å². The second-order valence-corrected chi connectivity index (χ2v) is 11.6. The molecule has 1 N–H and O–H groups in total. The molecule has 1 amide bonds. The standard InChI is InChI=1S/C19H24BrN3O6S2/c1-22(2)31(27,28)16-10-8-15(9-11-16)29-13-12-21-19(24)14-23(30(3,25)26)18-7-5-4-6-17(18)20/h4-11H,12-14H2,1-3H3,(H,21,24). The highest BCUT2D eigenvalue weighted by atomic mass is 79.9. The minimum absolute atomic E-state index is 0.124. The highest BCUT2D eigenvalue weighted by Crippen LogP contribution is 2.27. The normalized spacial score (nSPS) is 11.9. The molecular formula is C19H24BrN3O6S2. The molecule has 0 unspecified atom stereocenters. The van der Waals surface area contributed by atoms with Crippen molar-refractivity contribution in [3.8, 4) is 5.75 Å². The Kier molecular flexibility index (Phi) is 8.46. The molecule has 12 heteroatoms. The van der Waals surface area contributed by atoms with Crippen LogP contribution in [0.5, 0.6) is 5.75 Å². The van der Waals surface area contributed by atoms with Crippen LogP contribution in [0.1, 0.15) is 0 Å². The SMILES string of the molecule is CN(C)S(=O)(=O)c1ccc(OCCNC(=O)CN(c2ccccc2Br)S(C)(=O)=O)cc1. The molecule has 0 aliphatic heterocycles. The Balaban J connectivity index is 1.90. The van der Waals surface area contributed by atoms with E-state index in [4.69, 9.17) is 4.74 Å². The lowest BCUT2D eigenvalue weighted by atomic mass is 10.3. The molecule has 0 aliphatic carbocycles. The highest BCUT2D eigenvalue weighted by Gasteiger charge is 2.22. The van der Waals surface area contributed by atoms with E-state index in [9.17, 15) is 21.6 Å². The fourth-order valence-corrected chi connectivity index (χ4v) is 4.89. The van der Waals surface area contributed by atoms with Gasteiger partial charge in [-0.05, 0) is 52.3 Å².